The highest BCUT2D eigenvalue weighted by atomic mass is 19.4. The second kappa shape index (κ2) is 6.28. The van der Waals surface area contributed by atoms with Gasteiger partial charge in [0.15, 0.2) is 0 Å². The number of nitrogens with one attached hydrogen (secondary N) is 1. The third-order valence-corrected chi connectivity index (χ3v) is 1.06. The largest absolute Gasteiger partial charge is 0.631 e. The van der Waals surface area contributed by atoms with Gasteiger partial charge in [-0.15, -0.1) is 0 Å². The third-order valence-electron chi connectivity index (χ3n) is 1.06. The molecule has 0 saturated heterocycles. The van der Waals surface area contributed by atoms with Crippen LogP contribution in [0.5, 0.6) is 0 Å². The zero-order valence-corrected chi connectivity index (χ0v) is 7.44. The van der Waals surface area contributed by atoms with Gasteiger partial charge in [-0.25, -0.2) is 0 Å². The Labute approximate surface area is 84.2 Å². The minimum absolute atomic E-state index is 0.0556. The van der Waals surface area contributed by atoms with Gasteiger partial charge in [-0.2, -0.15) is 13.2 Å². The standard InChI is InChI=1S/C7H6F3N.BH3O3/c8-7(9,10)11-6-4-2-1-3-5-6;2-1(3)4/h1-5,11H;2-4H. The van der Waals surface area contributed by atoms with E-state index in [1.54, 1.807) is 6.07 Å². The number of benzene rings is 1. The Morgan fingerprint density at radius 3 is 1.73 bits per heavy atom. The van der Waals surface area contributed by atoms with Gasteiger partial charge in [0.1, 0.15) is 0 Å². The van der Waals surface area contributed by atoms with Crippen LogP contribution in [-0.2, 0) is 0 Å². The summed E-state index contributed by atoms with van der Waals surface area (Å²) in [7, 11) is -2.17. The van der Waals surface area contributed by atoms with E-state index in [4.69, 9.17) is 15.1 Å². The molecule has 4 N–H and O–H groups in total. The van der Waals surface area contributed by atoms with Gasteiger partial charge in [-0.05, 0) is 12.1 Å². The summed E-state index contributed by atoms with van der Waals surface area (Å²) < 4.78 is 34.9. The summed E-state index contributed by atoms with van der Waals surface area (Å²) in [6.45, 7) is 0. The summed E-state index contributed by atoms with van der Waals surface area (Å²) in [5.41, 5.74) is 0.0556. The molecule has 0 saturated carbocycles. The number of hydrogen-bond acceptors (Lipinski definition) is 4. The van der Waals surface area contributed by atoms with Gasteiger partial charge in [0, 0.05) is 5.69 Å². The number of alkyl halides is 3. The SMILES string of the molecule is FC(F)(F)Nc1ccccc1.OB(O)O. The Balaban J connectivity index is 0.000000423. The number of anilines is 1. The van der Waals surface area contributed by atoms with Gasteiger partial charge >= 0.3 is 13.6 Å². The molecule has 0 radical (unpaired) electrons. The van der Waals surface area contributed by atoms with Crippen LogP contribution in [0.1, 0.15) is 0 Å². The van der Waals surface area contributed by atoms with E-state index in [9.17, 15) is 13.2 Å². The molecule has 0 aliphatic carbocycles. The molecular weight excluding hydrogens is 214 g/mol. The maximum absolute atomic E-state index is 11.6. The summed E-state index contributed by atoms with van der Waals surface area (Å²) >= 11 is 0. The quantitative estimate of drug-likeness (QED) is 0.414. The molecule has 0 aliphatic rings. The van der Waals surface area contributed by atoms with Crippen LogP contribution in [0.4, 0.5) is 18.9 Å². The molecule has 0 heterocycles. The lowest BCUT2D eigenvalue weighted by Crippen LogP contribution is -2.20. The molecule has 8 heteroatoms. The maximum Gasteiger partial charge on any atom is 0.631 e. The molecule has 0 bridgehead atoms. The van der Waals surface area contributed by atoms with Crippen LogP contribution in [0.2, 0.25) is 0 Å². The van der Waals surface area contributed by atoms with E-state index < -0.39 is 13.6 Å². The maximum atomic E-state index is 11.6. The summed E-state index contributed by atoms with van der Waals surface area (Å²) in [6, 6.07) is 7.44. The molecule has 1 aromatic rings. The van der Waals surface area contributed by atoms with Crippen molar-refractivity contribution in [3.63, 3.8) is 0 Å². The van der Waals surface area contributed by atoms with Crippen molar-refractivity contribution in [2.45, 2.75) is 6.30 Å². The van der Waals surface area contributed by atoms with Crippen molar-refractivity contribution in [3.05, 3.63) is 30.3 Å². The second-order valence-corrected chi connectivity index (χ2v) is 2.34. The summed E-state index contributed by atoms with van der Waals surface area (Å²) in [6.07, 6.45) is -4.35. The van der Waals surface area contributed by atoms with Crippen LogP contribution < -0.4 is 5.32 Å². The molecule has 1 aromatic carbocycles. The lowest BCUT2D eigenvalue weighted by atomic mass is 10.3. The smallest absolute Gasteiger partial charge is 0.402 e. The Bertz CT molecular complexity index is 265. The zero-order valence-electron chi connectivity index (χ0n) is 7.44. The number of para-hydroxylation sites is 1. The van der Waals surface area contributed by atoms with Crippen LogP contribution in [-0.4, -0.2) is 28.7 Å². The van der Waals surface area contributed by atoms with E-state index in [0.29, 0.717) is 0 Å². The van der Waals surface area contributed by atoms with E-state index in [0.717, 1.165) is 0 Å². The molecule has 0 aliphatic heterocycles. The van der Waals surface area contributed by atoms with Gasteiger partial charge in [-0.1, -0.05) is 18.2 Å². The van der Waals surface area contributed by atoms with E-state index in [1.165, 1.54) is 29.6 Å². The van der Waals surface area contributed by atoms with Gasteiger partial charge in [-0.3, -0.25) is 5.32 Å². The average Bonchev–Trinajstić information content (AvgIpc) is 2.01. The first-order valence-corrected chi connectivity index (χ1v) is 3.75. The van der Waals surface area contributed by atoms with Crippen LogP contribution in [0.25, 0.3) is 0 Å². The highest BCUT2D eigenvalue weighted by Gasteiger charge is 2.26. The van der Waals surface area contributed by atoms with E-state index in [1.807, 2.05) is 0 Å². The molecule has 0 atom stereocenters. The lowest BCUT2D eigenvalue weighted by Gasteiger charge is -2.08. The summed E-state index contributed by atoms with van der Waals surface area (Å²) in [5, 5.41) is 22.9. The topological polar surface area (TPSA) is 72.7 Å². The first-order valence-electron chi connectivity index (χ1n) is 3.75. The van der Waals surface area contributed by atoms with Crippen molar-refractivity contribution in [2.75, 3.05) is 5.32 Å². The number of hydrogen-bond donors (Lipinski definition) is 4. The van der Waals surface area contributed by atoms with Crippen LogP contribution in [0.15, 0.2) is 30.3 Å². The van der Waals surface area contributed by atoms with Gasteiger partial charge in [0.2, 0.25) is 0 Å². The Hall–Kier alpha value is -1.25. The van der Waals surface area contributed by atoms with Gasteiger partial charge < -0.3 is 15.1 Å². The molecule has 0 spiro atoms. The minimum atomic E-state index is -4.35. The predicted octanol–water partition coefficient (Wildman–Crippen LogP) is 0.566. The summed E-state index contributed by atoms with van der Waals surface area (Å²) in [5.74, 6) is 0. The van der Waals surface area contributed by atoms with Crippen LogP contribution in [0, 0.1) is 0 Å². The van der Waals surface area contributed by atoms with E-state index in [-0.39, 0.29) is 5.69 Å². The molecule has 4 nitrogen and oxygen atoms in total. The lowest BCUT2D eigenvalue weighted by molar-refractivity contribution is -0.0999. The van der Waals surface area contributed by atoms with Crippen molar-refractivity contribution < 1.29 is 28.2 Å². The Morgan fingerprint density at radius 1 is 1.00 bits per heavy atom. The van der Waals surface area contributed by atoms with Crippen molar-refractivity contribution in [1.29, 1.82) is 0 Å². The molecule has 84 valence electrons. The normalized spacial score (nSPS) is 10.0. The van der Waals surface area contributed by atoms with Gasteiger partial charge in [0.25, 0.3) is 0 Å². The zero-order chi connectivity index (χ0) is 11.9. The van der Waals surface area contributed by atoms with Crippen molar-refractivity contribution in [3.8, 4) is 0 Å². The van der Waals surface area contributed by atoms with E-state index >= 15 is 0 Å². The molecule has 0 fully saturated rings. The second-order valence-electron chi connectivity index (χ2n) is 2.34. The molecule has 1 rings (SSSR count). The fraction of sp³-hybridized carbons (Fsp3) is 0.143. The molecule has 15 heavy (non-hydrogen) atoms. The number of halogens is 3. The van der Waals surface area contributed by atoms with Crippen molar-refractivity contribution in [1.82, 2.24) is 0 Å². The molecule has 0 amide bonds. The van der Waals surface area contributed by atoms with Crippen LogP contribution in [0.3, 0.4) is 0 Å². The fourth-order valence-electron chi connectivity index (χ4n) is 0.685. The van der Waals surface area contributed by atoms with Gasteiger partial charge in [0.05, 0.1) is 0 Å². The highest BCUT2D eigenvalue weighted by Crippen LogP contribution is 2.18. The highest BCUT2D eigenvalue weighted by molar-refractivity contribution is 6.30. The van der Waals surface area contributed by atoms with E-state index in [2.05, 4.69) is 0 Å². The molecular formula is C7H9BF3NO3. The third kappa shape index (κ3) is 10.7. The molecule has 0 unspecified atom stereocenters. The molecule has 0 aromatic heterocycles. The minimum Gasteiger partial charge on any atom is -0.402 e. The van der Waals surface area contributed by atoms with Crippen molar-refractivity contribution in [2.24, 2.45) is 0 Å². The van der Waals surface area contributed by atoms with Crippen LogP contribution >= 0.6 is 0 Å². The first-order chi connectivity index (χ1) is 6.81. The number of rotatable bonds is 1. The average molecular weight is 223 g/mol. The summed E-state index contributed by atoms with van der Waals surface area (Å²) in [4.78, 5) is 0. The Kier molecular flexibility index (Phi) is 5.76. The first kappa shape index (κ1) is 13.8. The Morgan fingerprint density at radius 2 is 1.40 bits per heavy atom. The predicted molar refractivity (Wildman–Crippen MR) is 48.5 cm³/mol. The fourth-order valence-corrected chi connectivity index (χ4v) is 0.685. The monoisotopic (exact) mass is 223 g/mol. The van der Waals surface area contributed by atoms with Crippen molar-refractivity contribution >= 4 is 13.0 Å².